The summed E-state index contributed by atoms with van der Waals surface area (Å²) in [5, 5.41) is 0. The van der Waals surface area contributed by atoms with Gasteiger partial charge in [0.25, 0.3) is 0 Å². The van der Waals surface area contributed by atoms with Crippen molar-refractivity contribution in [2.24, 2.45) is 0 Å². The number of aromatic nitrogens is 1. The Kier molecular flexibility index (Phi) is 4.05. The Morgan fingerprint density at radius 3 is 2.79 bits per heavy atom. The van der Waals surface area contributed by atoms with Gasteiger partial charge in [-0.2, -0.15) is 0 Å². The highest BCUT2D eigenvalue weighted by Gasteiger charge is 2.12. The molecule has 0 saturated heterocycles. The Labute approximate surface area is 112 Å². The molecule has 0 aliphatic rings. The summed E-state index contributed by atoms with van der Waals surface area (Å²) in [6, 6.07) is 6.27. The molecule has 2 nitrogen and oxygen atoms in total. The predicted octanol–water partition coefficient (Wildman–Crippen LogP) is 3.52. The van der Waals surface area contributed by atoms with Crippen LogP contribution in [0.1, 0.15) is 34.0 Å². The predicted molar refractivity (Wildman–Crippen MR) is 72.8 cm³/mol. The monoisotopic (exact) mass is 257 g/mol. The molecule has 2 aromatic rings. The molecule has 0 atom stereocenters. The number of benzene rings is 1. The topological polar surface area (TPSA) is 30.0 Å². The fourth-order valence-electron chi connectivity index (χ4n) is 2.08. The molecule has 2 rings (SSSR count). The highest BCUT2D eigenvalue weighted by atomic mass is 19.1. The molecule has 3 heteroatoms. The molecule has 1 aromatic carbocycles. The van der Waals surface area contributed by atoms with E-state index < -0.39 is 0 Å². The molecule has 0 saturated carbocycles. The van der Waals surface area contributed by atoms with Gasteiger partial charge in [0.1, 0.15) is 5.82 Å². The van der Waals surface area contributed by atoms with Crippen molar-refractivity contribution in [2.45, 2.75) is 26.7 Å². The van der Waals surface area contributed by atoms with Crippen molar-refractivity contribution in [3.63, 3.8) is 0 Å². The molecule has 0 unspecified atom stereocenters. The minimum absolute atomic E-state index is 0.00736. The largest absolute Gasteiger partial charge is 0.294 e. The molecule has 0 radical (unpaired) electrons. The summed E-state index contributed by atoms with van der Waals surface area (Å²) in [6.07, 6.45) is 4.31. The third-order valence-electron chi connectivity index (χ3n) is 3.25. The number of rotatable bonds is 4. The van der Waals surface area contributed by atoms with E-state index in [9.17, 15) is 9.18 Å². The first-order chi connectivity index (χ1) is 9.11. The van der Waals surface area contributed by atoms with Crippen molar-refractivity contribution in [1.29, 1.82) is 0 Å². The Morgan fingerprint density at radius 1 is 1.26 bits per heavy atom. The molecular formula is C16H16FNO. The Bertz CT molecular complexity index is 607. The quantitative estimate of drug-likeness (QED) is 0.784. The molecule has 98 valence electrons. The third-order valence-corrected chi connectivity index (χ3v) is 3.25. The molecule has 0 N–H and O–H groups in total. The summed E-state index contributed by atoms with van der Waals surface area (Å²) in [4.78, 5) is 16.3. The van der Waals surface area contributed by atoms with Crippen LogP contribution in [0.25, 0.3) is 0 Å². The fraction of sp³-hybridized carbons (Fsp3) is 0.250. The van der Waals surface area contributed by atoms with E-state index in [1.54, 1.807) is 24.5 Å². The number of ketones is 1. The normalized spacial score (nSPS) is 10.5. The van der Waals surface area contributed by atoms with Gasteiger partial charge in [0.05, 0.1) is 0 Å². The zero-order chi connectivity index (χ0) is 13.8. The number of carbonyl (C=O) groups excluding carboxylic acids is 1. The van der Waals surface area contributed by atoms with Gasteiger partial charge in [-0.25, -0.2) is 4.39 Å². The zero-order valence-electron chi connectivity index (χ0n) is 11.1. The van der Waals surface area contributed by atoms with Gasteiger partial charge in [0.15, 0.2) is 5.78 Å². The number of pyridine rings is 1. The van der Waals surface area contributed by atoms with Crippen LogP contribution < -0.4 is 0 Å². The van der Waals surface area contributed by atoms with Crippen LogP contribution in [0.3, 0.4) is 0 Å². The number of halogens is 1. The van der Waals surface area contributed by atoms with Crippen LogP contribution in [0.2, 0.25) is 0 Å². The summed E-state index contributed by atoms with van der Waals surface area (Å²) in [5.41, 5.74) is 3.29. The van der Waals surface area contributed by atoms with Gasteiger partial charge in [-0.05, 0) is 48.2 Å². The van der Waals surface area contributed by atoms with Crippen LogP contribution >= 0.6 is 0 Å². The molecular weight excluding hydrogens is 241 g/mol. The lowest BCUT2D eigenvalue weighted by molar-refractivity contribution is 0.0991. The van der Waals surface area contributed by atoms with Crippen LogP contribution in [0.15, 0.2) is 36.7 Å². The number of hydrogen-bond donors (Lipinski definition) is 0. The maximum atomic E-state index is 13.2. The minimum Gasteiger partial charge on any atom is -0.294 e. The van der Waals surface area contributed by atoms with E-state index >= 15 is 0 Å². The SMILES string of the molecule is CCc1cnccc1C(=O)Cc1cc(F)ccc1C. The molecule has 19 heavy (non-hydrogen) atoms. The molecule has 0 aliphatic heterocycles. The van der Waals surface area contributed by atoms with Crippen LogP contribution in [-0.2, 0) is 12.8 Å². The van der Waals surface area contributed by atoms with Gasteiger partial charge in [0, 0.05) is 24.4 Å². The second-order valence-electron chi connectivity index (χ2n) is 4.56. The van der Waals surface area contributed by atoms with E-state index in [1.165, 1.54) is 12.1 Å². The van der Waals surface area contributed by atoms with Gasteiger partial charge >= 0.3 is 0 Å². The number of aryl methyl sites for hydroxylation is 2. The molecule has 1 aromatic heterocycles. The Morgan fingerprint density at radius 2 is 2.05 bits per heavy atom. The average Bonchev–Trinajstić information content (AvgIpc) is 2.42. The molecule has 0 amide bonds. The van der Waals surface area contributed by atoms with Crippen molar-refractivity contribution in [3.8, 4) is 0 Å². The van der Waals surface area contributed by atoms with Gasteiger partial charge in [-0.3, -0.25) is 9.78 Å². The molecule has 1 heterocycles. The van der Waals surface area contributed by atoms with E-state index in [2.05, 4.69) is 4.98 Å². The summed E-state index contributed by atoms with van der Waals surface area (Å²) < 4.78 is 13.2. The number of nitrogens with zero attached hydrogens (tertiary/aromatic N) is 1. The smallest absolute Gasteiger partial charge is 0.167 e. The lowest BCUT2D eigenvalue weighted by Gasteiger charge is -2.08. The lowest BCUT2D eigenvalue weighted by atomic mass is 9.96. The lowest BCUT2D eigenvalue weighted by Crippen LogP contribution is -2.08. The summed E-state index contributed by atoms with van der Waals surface area (Å²) in [5.74, 6) is -0.299. The van der Waals surface area contributed by atoms with E-state index in [-0.39, 0.29) is 18.0 Å². The van der Waals surface area contributed by atoms with Crippen molar-refractivity contribution >= 4 is 5.78 Å². The highest BCUT2D eigenvalue weighted by molar-refractivity contribution is 5.98. The first kappa shape index (κ1) is 13.4. The van der Waals surface area contributed by atoms with Crippen LogP contribution in [-0.4, -0.2) is 10.8 Å². The minimum atomic E-state index is -0.307. The van der Waals surface area contributed by atoms with Gasteiger partial charge in [-0.15, -0.1) is 0 Å². The van der Waals surface area contributed by atoms with Crippen LogP contribution in [0.5, 0.6) is 0 Å². The van der Waals surface area contributed by atoms with E-state index in [0.29, 0.717) is 5.56 Å². The van der Waals surface area contributed by atoms with Gasteiger partial charge in [0.2, 0.25) is 0 Å². The average molecular weight is 257 g/mol. The van der Waals surface area contributed by atoms with Gasteiger partial charge in [-0.1, -0.05) is 13.0 Å². The molecule has 0 bridgehead atoms. The van der Waals surface area contributed by atoms with Crippen LogP contribution in [0.4, 0.5) is 4.39 Å². The van der Waals surface area contributed by atoms with Crippen molar-refractivity contribution in [1.82, 2.24) is 4.98 Å². The maximum absolute atomic E-state index is 13.2. The highest BCUT2D eigenvalue weighted by Crippen LogP contribution is 2.16. The number of hydrogen-bond acceptors (Lipinski definition) is 2. The van der Waals surface area contributed by atoms with E-state index in [0.717, 1.165) is 23.1 Å². The molecule has 0 spiro atoms. The molecule has 0 aliphatic carbocycles. The van der Waals surface area contributed by atoms with E-state index in [4.69, 9.17) is 0 Å². The second kappa shape index (κ2) is 5.74. The summed E-state index contributed by atoms with van der Waals surface area (Å²) in [6.45, 7) is 3.87. The summed E-state index contributed by atoms with van der Waals surface area (Å²) in [7, 11) is 0. The summed E-state index contributed by atoms with van der Waals surface area (Å²) >= 11 is 0. The second-order valence-corrected chi connectivity index (χ2v) is 4.56. The Hall–Kier alpha value is -2.03. The standard InChI is InChI=1S/C16H16FNO/c1-3-12-10-18-7-6-15(12)16(19)9-13-8-14(17)5-4-11(13)2/h4-8,10H,3,9H2,1-2H3. The van der Waals surface area contributed by atoms with Crippen molar-refractivity contribution in [2.75, 3.05) is 0 Å². The van der Waals surface area contributed by atoms with E-state index in [1.807, 2.05) is 13.8 Å². The van der Waals surface area contributed by atoms with Crippen molar-refractivity contribution < 1.29 is 9.18 Å². The maximum Gasteiger partial charge on any atom is 0.167 e. The first-order valence-electron chi connectivity index (χ1n) is 6.33. The Balaban J connectivity index is 2.28. The fourth-order valence-corrected chi connectivity index (χ4v) is 2.08. The van der Waals surface area contributed by atoms with Crippen LogP contribution in [0, 0.1) is 12.7 Å². The molecule has 0 fully saturated rings. The third kappa shape index (κ3) is 3.05. The first-order valence-corrected chi connectivity index (χ1v) is 6.33. The van der Waals surface area contributed by atoms with Crippen molar-refractivity contribution in [3.05, 3.63) is 64.7 Å². The number of carbonyl (C=O) groups is 1. The number of Topliss-reactive ketones (excluding diaryl/α,β-unsaturated/α-hetero) is 1. The zero-order valence-corrected chi connectivity index (χ0v) is 11.1. The van der Waals surface area contributed by atoms with Gasteiger partial charge < -0.3 is 0 Å².